The standard InChI is InChI=1S/C15H27N3O/c1-15(5-3-2-4-6-15)14(19)18-9-7-17(8-10-18)13-11-16-12-13/h13,16H,2-12H2,1H3. The van der Waals surface area contributed by atoms with E-state index < -0.39 is 0 Å². The second kappa shape index (κ2) is 5.41. The number of nitrogens with one attached hydrogen (secondary N) is 1. The van der Waals surface area contributed by atoms with Crippen LogP contribution < -0.4 is 5.32 Å². The molecule has 0 aromatic carbocycles. The second-order valence-corrected chi connectivity index (χ2v) is 6.76. The molecule has 3 fully saturated rings. The van der Waals surface area contributed by atoms with E-state index in [9.17, 15) is 4.79 Å². The summed E-state index contributed by atoms with van der Waals surface area (Å²) < 4.78 is 0. The molecule has 0 unspecified atom stereocenters. The maximum Gasteiger partial charge on any atom is 0.228 e. The van der Waals surface area contributed by atoms with Gasteiger partial charge in [-0.25, -0.2) is 0 Å². The maximum atomic E-state index is 12.7. The molecule has 0 aromatic heterocycles. The molecule has 19 heavy (non-hydrogen) atoms. The first-order valence-electron chi connectivity index (χ1n) is 7.93. The van der Waals surface area contributed by atoms with Crippen LogP contribution >= 0.6 is 0 Å². The van der Waals surface area contributed by atoms with Gasteiger partial charge < -0.3 is 10.2 Å². The second-order valence-electron chi connectivity index (χ2n) is 6.76. The number of amides is 1. The summed E-state index contributed by atoms with van der Waals surface area (Å²) in [6.45, 7) is 8.45. The lowest BCUT2D eigenvalue weighted by Gasteiger charge is -2.45. The van der Waals surface area contributed by atoms with Crippen LogP contribution in [0.15, 0.2) is 0 Å². The Labute approximate surface area is 116 Å². The van der Waals surface area contributed by atoms with Crippen LogP contribution in [0.3, 0.4) is 0 Å². The molecule has 0 aromatic rings. The Hall–Kier alpha value is -0.610. The Balaban J connectivity index is 1.53. The molecule has 0 radical (unpaired) electrons. The molecule has 0 bridgehead atoms. The molecule has 2 saturated heterocycles. The third-order valence-corrected chi connectivity index (χ3v) is 5.35. The largest absolute Gasteiger partial charge is 0.340 e. The number of piperazine rings is 1. The third-order valence-electron chi connectivity index (χ3n) is 5.35. The van der Waals surface area contributed by atoms with Gasteiger partial charge in [-0.2, -0.15) is 0 Å². The van der Waals surface area contributed by atoms with Crippen LogP contribution in [-0.2, 0) is 4.79 Å². The van der Waals surface area contributed by atoms with E-state index in [1.54, 1.807) is 0 Å². The van der Waals surface area contributed by atoms with Crippen molar-refractivity contribution in [3.8, 4) is 0 Å². The van der Waals surface area contributed by atoms with Crippen molar-refractivity contribution in [3.63, 3.8) is 0 Å². The molecule has 4 nitrogen and oxygen atoms in total. The molecule has 2 heterocycles. The van der Waals surface area contributed by atoms with Crippen LogP contribution in [0.4, 0.5) is 0 Å². The maximum absolute atomic E-state index is 12.7. The Morgan fingerprint density at radius 1 is 1.05 bits per heavy atom. The van der Waals surface area contributed by atoms with Gasteiger partial charge in [-0.1, -0.05) is 26.2 Å². The summed E-state index contributed by atoms with van der Waals surface area (Å²) in [7, 11) is 0. The van der Waals surface area contributed by atoms with E-state index in [1.165, 1.54) is 19.3 Å². The van der Waals surface area contributed by atoms with Crippen LogP contribution in [0.25, 0.3) is 0 Å². The lowest BCUT2D eigenvalue weighted by Crippen LogP contribution is -2.62. The van der Waals surface area contributed by atoms with Crippen molar-refractivity contribution in [1.29, 1.82) is 0 Å². The van der Waals surface area contributed by atoms with Gasteiger partial charge in [0.2, 0.25) is 5.91 Å². The fraction of sp³-hybridized carbons (Fsp3) is 0.933. The van der Waals surface area contributed by atoms with E-state index in [-0.39, 0.29) is 5.41 Å². The highest BCUT2D eigenvalue weighted by Crippen LogP contribution is 2.37. The van der Waals surface area contributed by atoms with Crippen molar-refractivity contribution in [2.24, 2.45) is 5.41 Å². The highest BCUT2D eigenvalue weighted by Gasteiger charge is 2.39. The smallest absolute Gasteiger partial charge is 0.228 e. The molecular formula is C15H27N3O. The first-order chi connectivity index (χ1) is 9.19. The molecule has 3 rings (SSSR count). The van der Waals surface area contributed by atoms with Crippen molar-refractivity contribution in [2.75, 3.05) is 39.3 Å². The van der Waals surface area contributed by atoms with Gasteiger partial charge in [0, 0.05) is 50.7 Å². The van der Waals surface area contributed by atoms with Gasteiger partial charge in [0.1, 0.15) is 0 Å². The summed E-state index contributed by atoms with van der Waals surface area (Å²) in [5.74, 6) is 0.429. The van der Waals surface area contributed by atoms with Crippen LogP contribution in [0.2, 0.25) is 0 Å². The van der Waals surface area contributed by atoms with E-state index >= 15 is 0 Å². The van der Waals surface area contributed by atoms with E-state index in [2.05, 4.69) is 22.0 Å². The monoisotopic (exact) mass is 265 g/mol. The van der Waals surface area contributed by atoms with Gasteiger partial charge in [0.25, 0.3) is 0 Å². The zero-order valence-electron chi connectivity index (χ0n) is 12.2. The summed E-state index contributed by atoms with van der Waals surface area (Å²) >= 11 is 0. The molecule has 1 N–H and O–H groups in total. The van der Waals surface area contributed by atoms with Gasteiger partial charge >= 0.3 is 0 Å². The Kier molecular flexibility index (Phi) is 3.81. The number of carbonyl (C=O) groups excluding carboxylic acids is 1. The molecule has 1 saturated carbocycles. The number of rotatable bonds is 2. The van der Waals surface area contributed by atoms with E-state index in [4.69, 9.17) is 0 Å². The van der Waals surface area contributed by atoms with Gasteiger partial charge in [0.15, 0.2) is 0 Å². The molecule has 2 aliphatic heterocycles. The molecule has 0 spiro atoms. The highest BCUT2D eigenvalue weighted by atomic mass is 16.2. The number of hydrogen-bond acceptors (Lipinski definition) is 3. The van der Waals surface area contributed by atoms with Crippen molar-refractivity contribution in [1.82, 2.24) is 15.1 Å². The summed E-state index contributed by atoms with van der Waals surface area (Å²) in [6.07, 6.45) is 5.97. The van der Waals surface area contributed by atoms with Crippen molar-refractivity contribution in [3.05, 3.63) is 0 Å². The zero-order chi connectivity index (χ0) is 13.3. The van der Waals surface area contributed by atoms with Crippen LogP contribution in [0.1, 0.15) is 39.0 Å². The van der Waals surface area contributed by atoms with E-state index in [0.717, 1.165) is 58.2 Å². The summed E-state index contributed by atoms with van der Waals surface area (Å²) in [5, 5.41) is 3.33. The number of carbonyl (C=O) groups is 1. The van der Waals surface area contributed by atoms with Gasteiger partial charge in [-0.15, -0.1) is 0 Å². The van der Waals surface area contributed by atoms with Crippen molar-refractivity contribution >= 4 is 5.91 Å². The SMILES string of the molecule is CC1(C(=O)N2CCN(C3CNC3)CC2)CCCCC1. The molecule has 1 amide bonds. The first kappa shape index (κ1) is 13.4. The van der Waals surface area contributed by atoms with E-state index in [0.29, 0.717) is 5.91 Å². The minimum Gasteiger partial charge on any atom is -0.340 e. The van der Waals surface area contributed by atoms with E-state index in [1.807, 2.05) is 0 Å². The molecule has 4 heteroatoms. The predicted octanol–water partition coefficient (Wildman–Crippen LogP) is 1.07. The van der Waals surface area contributed by atoms with Gasteiger partial charge in [-0.05, 0) is 12.8 Å². The average molecular weight is 265 g/mol. The van der Waals surface area contributed by atoms with Gasteiger partial charge in [0.05, 0.1) is 0 Å². The lowest BCUT2D eigenvalue weighted by atomic mass is 9.74. The average Bonchev–Trinajstić information content (AvgIpc) is 2.38. The summed E-state index contributed by atoms with van der Waals surface area (Å²) in [6, 6.07) is 0.725. The minimum absolute atomic E-state index is 0.0571. The van der Waals surface area contributed by atoms with Crippen molar-refractivity contribution in [2.45, 2.75) is 45.1 Å². The Bertz CT molecular complexity index is 326. The highest BCUT2D eigenvalue weighted by molar-refractivity contribution is 5.82. The zero-order valence-corrected chi connectivity index (χ0v) is 12.2. The molecule has 1 aliphatic carbocycles. The normalized spacial score (nSPS) is 29.0. The fourth-order valence-corrected chi connectivity index (χ4v) is 3.75. The molecule has 108 valence electrons. The third kappa shape index (κ3) is 2.65. The Morgan fingerprint density at radius 3 is 2.21 bits per heavy atom. The van der Waals surface area contributed by atoms with Crippen LogP contribution in [-0.4, -0.2) is 61.0 Å². The van der Waals surface area contributed by atoms with Crippen LogP contribution in [0.5, 0.6) is 0 Å². The first-order valence-corrected chi connectivity index (χ1v) is 7.93. The number of nitrogens with zero attached hydrogens (tertiary/aromatic N) is 2. The number of hydrogen-bond donors (Lipinski definition) is 1. The predicted molar refractivity (Wildman–Crippen MR) is 76.0 cm³/mol. The molecule has 3 aliphatic rings. The van der Waals surface area contributed by atoms with Gasteiger partial charge in [-0.3, -0.25) is 9.69 Å². The fourth-order valence-electron chi connectivity index (χ4n) is 3.75. The summed E-state index contributed by atoms with van der Waals surface area (Å²) in [4.78, 5) is 17.4. The molecule has 0 atom stereocenters. The Morgan fingerprint density at radius 2 is 1.68 bits per heavy atom. The molecular weight excluding hydrogens is 238 g/mol. The van der Waals surface area contributed by atoms with Crippen LogP contribution in [0, 0.1) is 5.41 Å². The van der Waals surface area contributed by atoms with Crippen molar-refractivity contribution < 1.29 is 4.79 Å². The topological polar surface area (TPSA) is 35.6 Å². The lowest BCUT2D eigenvalue weighted by molar-refractivity contribution is -0.145. The summed E-state index contributed by atoms with van der Waals surface area (Å²) in [5.41, 5.74) is -0.0571. The minimum atomic E-state index is -0.0571. The quantitative estimate of drug-likeness (QED) is 0.811.